The highest BCUT2D eigenvalue weighted by Gasteiger charge is 2.46. The Hall–Kier alpha value is -2.06. The Labute approximate surface area is 137 Å². The first kappa shape index (κ1) is 15.8. The van der Waals surface area contributed by atoms with E-state index in [9.17, 15) is 10.1 Å². The lowest BCUT2D eigenvalue weighted by Crippen LogP contribution is -2.62. The molecule has 1 N–H and O–H groups in total. The van der Waals surface area contributed by atoms with Gasteiger partial charge in [0.25, 0.3) is 0 Å². The van der Waals surface area contributed by atoms with Gasteiger partial charge in [0.2, 0.25) is 0 Å². The molecule has 0 saturated carbocycles. The quantitative estimate of drug-likeness (QED) is 0.932. The third-order valence-electron chi connectivity index (χ3n) is 5.16. The second-order valence-electron chi connectivity index (χ2n) is 6.69. The van der Waals surface area contributed by atoms with Crippen molar-refractivity contribution in [2.24, 2.45) is 0 Å². The minimum absolute atomic E-state index is 0.223. The highest BCUT2D eigenvalue weighted by molar-refractivity contribution is 5.69. The highest BCUT2D eigenvalue weighted by atomic mass is 16.5. The molecule has 2 fully saturated rings. The smallest absolute Gasteiger partial charge is 0.408 e. The van der Waals surface area contributed by atoms with Crippen LogP contribution in [0.4, 0.5) is 4.79 Å². The number of hydrogen-bond acceptors (Lipinski definition) is 4. The molecule has 0 aromatic heterocycles. The monoisotopic (exact) mass is 313 g/mol. The van der Waals surface area contributed by atoms with Crippen LogP contribution in [0.25, 0.3) is 0 Å². The van der Waals surface area contributed by atoms with E-state index in [1.165, 1.54) is 6.42 Å². The summed E-state index contributed by atoms with van der Waals surface area (Å²) in [6, 6.07) is 12.7. The molecule has 23 heavy (non-hydrogen) atoms. The molecule has 2 bridgehead atoms. The number of rotatable bonds is 3. The van der Waals surface area contributed by atoms with E-state index in [1.807, 2.05) is 30.3 Å². The van der Waals surface area contributed by atoms with E-state index >= 15 is 0 Å². The van der Waals surface area contributed by atoms with Gasteiger partial charge in [0.15, 0.2) is 0 Å². The van der Waals surface area contributed by atoms with Crippen molar-refractivity contribution >= 4 is 6.09 Å². The van der Waals surface area contributed by atoms with Gasteiger partial charge < -0.3 is 15.0 Å². The lowest BCUT2D eigenvalue weighted by atomic mass is 9.74. The number of piperidine rings is 2. The number of alkyl carbamates (subject to hydrolysis) is 1. The maximum Gasteiger partial charge on any atom is 0.408 e. The number of carbonyl (C=O) groups excluding carboxylic acids is 1. The zero-order valence-electron chi connectivity index (χ0n) is 13.5. The van der Waals surface area contributed by atoms with Crippen LogP contribution in [-0.2, 0) is 11.3 Å². The molecule has 2 atom stereocenters. The first-order chi connectivity index (χ1) is 11.1. The molecule has 2 aliphatic rings. The zero-order valence-corrected chi connectivity index (χ0v) is 13.5. The van der Waals surface area contributed by atoms with E-state index in [0.29, 0.717) is 24.9 Å². The normalized spacial score (nSPS) is 30.3. The Morgan fingerprint density at radius 1 is 1.35 bits per heavy atom. The van der Waals surface area contributed by atoms with Crippen LogP contribution < -0.4 is 5.32 Å². The molecular weight excluding hydrogens is 290 g/mol. The highest BCUT2D eigenvalue weighted by Crippen LogP contribution is 2.37. The second kappa shape index (κ2) is 6.59. The maximum absolute atomic E-state index is 12.2. The van der Waals surface area contributed by atoms with Crippen molar-refractivity contribution in [2.45, 2.75) is 56.3 Å². The molecule has 1 amide bonds. The fourth-order valence-corrected chi connectivity index (χ4v) is 3.85. The van der Waals surface area contributed by atoms with Crippen LogP contribution in [0, 0.1) is 11.3 Å². The van der Waals surface area contributed by atoms with Crippen molar-refractivity contribution in [1.29, 1.82) is 5.26 Å². The van der Waals surface area contributed by atoms with Gasteiger partial charge in [-0.3, -0.25) is 0 Å². The SMILES string of the molecule is CN1C2CCCC1CC(C#N)(NC(=O)OCc1ccccc1)C2. The molecule has 122 valence electrons. The largest absolute Gasteiger partial charge is 0.445 e. The number of hydrogen-bond donors (Lipinski definition) is 1. The van der Waals surface area contributed by atoms with Crippen LogP contribution in [0.15, 0.2) is 30.3 Å². The van der Waals surface area contributed by atoms with E-state index in [0.717, 1.165) is 18.4 Å². The van der Waals surface area contributed by atoms with Gasteiger partial charge in [-0.2, -0.15) is 5.26 Å². The second-order valence-corrected chi connectivity index (χ2v) is 6.69. The summed E-state index contributed by atoms with van der Waals surface area (Å²) in [4.78, 5) is 14.5. The summed E-state index contributed by atoms with van der Waals surface area (Å²) in [5, 5.41) is 12.5. The lowest BCUT2D eigenvalue weighted by Gasteiger charge is -2.50. The van der Waals surface area contributed by atoms with Crippen molar-refractivity contribution < 1.29 is 9.53 Å². The Kier molecular flexibility index (Phi) is 4.53. The van der Waals surface area contributed by atoms with Gasteiger partial charge in [0, 0.05) is 12.1 Å². The van der Waals surface area contributed by atoms with Gasteiger partial charge in [-0.1, -0.05) is 36.8 Å². The summed E-state index contributed by atoms with van der Waals surface area (Å²) < 4.78 is 5.29. The van der Waals surface area contributed by atoms with Gasteiger partial charge >= 0.3 is 6.09 Å². The van der Waals surface area contributed by atoms with Crippen LogP contribution in [0.2, 0.25) is 0 Å². The molecule has 0 radical (unpaired) electrons. The fourth-order valence-electron chi connectivity index (χ4n) is 3.85. The zero-order chi connectivity index (χ0) is 16.3. The molecule has 2 heterocycles. The van der Waals surface area contributed by atoms with Crippen LogP contribution in [0.3, 0.4) is 0 Å². The number of nitriles is 1. The third-order valence-corrected chi connectivity index (χ3v) is 5.16. The van der Waals surface area contributed by atoms with Gasteiger partial charge in [0.1, 0.15) is 12.1 Å². The Bertz CT molecular complexity index is 582. The number of carbonyl (C=O) groups is 1. The standard InChI is InChI=1S/C18H23N3O2/c1-21-15-8-5-9-16(21)11-18(10-15,13-19)20-17(22)23-12-14-6-3-2-4-7-14/h2-4,6-7,15-16H,5,8-12H2,1H3,(H,20,22). The van der Waals surface area contributed by atoms with E-state index in [1.54, 1.807) is 0 Å². The van der Waals surface area contributed by atoms with E-state index in [4.69, 9.17) is 4.74 Å². The topological polar surface area (TPSA) is 65.4 Å². The number of amides is 1. The van der Waals surface area contributed by atoms with Crippen LogP contribution >= 0.6 is 0 Å². The molecule has 5 heteroatoms. The molecule has 3 rings (SSSR count). The molecular formula is C18H23N3O2. The fraction of sp³-hybridized carbons (Fsp3) is 0.556. The van der Waals surface area contributed by atoms with Crippen molar-refractivity contribution in [3.8, 4) is 6.07 Å². The van der Waals surface area contributed by atoms with E-state index < -0.39 is 11.6 Å². The summed E-state index contributed by atoms with van der Waals surface area (Å²) in [5.41, 5.74) is 0.143. The number of benzene rings is 1. The van der Waals surface area contributed by atoms with Crippen LogP contribution in [0.5, 0.6) is 0 Å². The van der Waals surface area contributed by atoms with Gasteiger partial charge in [-0.25, -0.2) is 4.79 Å². The Balaban J connectivity index is 1.61. The third kappa shape index (κ3) is 3.48. The van der Waals surface area contributed by atoms with Crippen molar-refractivity contribution in [1.82, 2.24) is 10.2 Å². The molecule has 5 nitrogen and oxygen atoms in total. The minimum Gasteiger partial charge on any atom is -0.445 e. The Morgan fingerprint density at radius 2 is 2.00 bits per heavy atom. The molecule has 2 saturated heterocycles. The van der Waals surface area contributed by atoms with Gasteiger partial charge in [-0.05, 0) is 38.3 Å². The molecule has 1 aromatic rings. The van der Waals surface area contributed by atoms with Gasteiger partial charge in [0.05, 0.1) is 6.07 Å². The minimum atomic E-state index is -0.796. The number of nitrogens with zero attached hydrogens (tertiary/aromatic N) is 2. The first-order valence-corrected chi connectivity index (χ1v) is 8.24. The lowest BCUT2D eigenvalue weighted by molar-refractivity contribution is 0.0266. The predicted molar refractivity (Wildman–Crippen MR) is 86.5 cm³/mol. The number of ether oxygens (including phenoxy) is 1. The summed E-state index contributed by atoms with van der Waals surface area (Å²) in [6.45, 7) is 0.223. The molecule has 0 aliphatic carbocycles. The summed E-state index contributed by atoms with van der Waals surface area (Å²) in [7, 11) is 2.13. The van der Waals surface area contributed by atoms with E-state index in [-0.39, 0.29) is 6.61 Å². The van der Waals surface area contributed by atoms with Crippen molar-refractivity contribution in [3.05, 3.63) is 35.9 Å². The van der Waals surface area contributed by atoms with Crippen molar-refractivity contribution in [2.75, 3.05) is 7.05 Å². The van der Waals surface area contributed by atoms with Crippen LogP contribution in [-0.4, -0.2) is 35.7 Å². The molecule has 1 aromatic carbocycles. The Morgan fingerprint density at radius 3 is 2.61 bits per heavy atom. The maximum atomic E-state index is 12.2. The molecule has 2 unspecified atom stereocenters. The average Bonchev–Trinajstić information content (AvgIpc) is 2.55. The first-order valence-electron chi connectivity index (χ1n) is 8.24. The van der Waals surface area contributed by atoms with Crippen molar-refractivity contribution in [3.63, 3.8) is 0 Å². The summed E-state index contributed by atoms with van der Waals surface area (Å²) in [5.74, 6) is 0. The summed E-state index contributed by atoms with van der Waals surface area (Å²) >= 11 is 0. The molecule has 0 spiro atoms. The van der Waals surface area contributed by atoms with Gasteiger partial charge in [-0.15, -0.1) is 0 Å². The average molecular weight is 313 g/mol. The summed E-state index contributed by atoms with van der Waals surface area (Å²) in [6.07, 6.45) is 4.25. The molecule has 2 aliphatic heterocycles. The number of nitrogens with one attached hydrogen (secondary N) is 1. The predicted octanol–water partition coefficient (Wildman–Crippen LogP) is 2.82. The van der Waals surface area contributed by atoms with E-state index in [2.05, 4.69) is 23.3 Å². The number of fused-ring (bicyclic) bond motifs is 2. The van der Waals surface area contributed by atoms with Crippen LogP contribution in [0.1, 0.15) is 37.7 Å².